The van der Waals surface area contributed by atoms with E-state index in [1.54, 1.807) is 67.6 Å². The van der Waals surface area contributed by atoms with Gasteiger partial charge in [0, 0.05) is 25.2 Å². The number of benzene rings is 2. The minimum atomic E-state index is -1.05. The van der Waals surface area contributed by atoms with Crippen LogP contribution in [0.2, 0.25) is 0 Å². The molecule has 0 saturated carbocycles. The van der Waals surface area contributed by atoms with Crippen LogP contribution in [0, 0.1) is 0 Å². The molecule has 0 bridgehead atoms. The van der Waals surface area contributed by atoms with Crippen LogP contribution in [0.3, 0.4) is 0 Å². The molecule has 7 nitrogen and oxygen atoms in total. The smallest absolute Gasteiger partial charge is 0.344 e. The third-order valence-electron chi connectivity index (χ3n) is 3.25. The van der Waals surface area contributed by atoms with Crippen LogP contribution in [0.25, 0.3) is 0 Å². The van der Waals surface area contributed by atoms with Gasteiger partial charge in [0.2, 0.25) is 0 Å². The fourth-order valence-electron chi connectivity index (χ4n) is 1.93. The van der Waals surface area contributed by atoms with Gasteiger partial charge in [-0.05, 0) is 55.5 Å². The number of carboxylic acids is 1. The summed E-state index contributed by atoms with van der Waals surface area (Å²) in [5.41, 5.74) is 1.66. The second-order valence-electron chi connectivity index (χ2n) is 5.54. The van der Waals surface area contributed by atoms with Crippen molar-refractivity contribution in [1.29, 1.82) is 0 Å². The maximum Gasteiger partial charge on any atom is 0.344 e. The summed E-state index contributed by atoms with van der Waals surface area (Å²) >= 11 is 0. The van der Waals surface area contributed by atoms with Crippen LogP contribution in [-0.2, 0) is 4.79 Å². The molecule has 2 aromatic rings. The Balaban J connectivity index is 2.08. The van der Waals surface area contributed by atoms with Crippen molar-refractivity contribution in [2.75, 3.05) is 14.1 Å². The first-order valence-corrected chi connectivity index (χ1v) is 7.60. The van der Waals surface area contributed by atoms with Gasteiger partial charge in [-0.3, -0.25) is 9.80 Å². The molecule has 0 radical (unpaired) electrons. The lowest BCUT2D eigenvalue weighted by atomic mass is 10.0. The highest BCUT2D eigenvalue weighted by Gasteiger charge is 2.13. The minimum absolute atomic E-state index is 0.145. The summed E-state index contributed by atoms with van der Waals surface area (Å²) in [6, 6.07) is 13.2. The number of carbonyl (C=O) groups excluding carboxylic acids is 1. The van der Waals surface area contributed by atoms with Gasteiger partial charge in [-0.1, -0.05) is 5.22 Å². The molecule has 0 spiro atoms. The van der Waals surface area contributed by atoms with Crippen LogP contribution in [0.4, 0.5) is 5.69 Å². The normalized spacial score (nSPS) is 12.0. The SMILES string of the molecule is CC(Oc1ccc(C(=O)c2ccc(/N=N/N(C)C)cc2)cc1)C(=O)O. The van der Waals surface area contributed by atoms with Crippen molar-refractivity contribution in [2.45, 2.75) is 13.0 Å². The standard InChI is InChI=1S/C18H19N3O4/c1-12(18(23)24)25-16-10-6-14(7-11-16)17(22)13-4-8-15(9-5-13)19-20-21(2)3/h4-12H,1-3H3,(H,23,24)/b20-19+. The maximum absolute atomic E-state index is 12.5. The van der Waals surface area contributed by atoms with Crippen LogP contribution < -0.4 is 4.74 Å². The number of ether oxygens (including phenoxy) is 1. The molecule has 0 saturated heterocycles. The lowest BCUT2D eigenvalue weighted by molar-refractivity contribution is -0.144. The highest BCUT2D eigenvalue weighted by Crippen LogP contribution is 2.19. The molecule has 0 heterocycles. The highest BCUT2D eigenvalue weighted by atomic mass is 16.5. The Kier molecular flexibility index (Phi) is 5.84. The number of rotatable bonds is 7. The summed E-state index contributed by atoms with van der Waals surface area (Å²) in [7, 11) is 3.54. The summed E-state index contributed by atoms with van der Waals surface area (Å²) < 4.78 is 5.24. The van der Waals surface area contributed by atoms with Gasteiger partial charge < -0.3 is 9.84 Å². The number of hydrogen-bond acceptors (Lipinski definition) is 5. The molecule has 0 aliphatic carbocycles. The molecule has 130 valence electrons. The Morgan fingerprint density at radius 3 is 2.00 bits per heavy atom. The zero-order chi connectivity index (χ0) is 18.4. The van der Waals surface area contributed by atoms with Gasteiger partial charge in [-0.2, -0.15) is 0 Å². The van der Waals surface area contributed by atoms with E-state index < -0.39 is 12.1 Å². The van der Waals surface area contributed by atoms with Crippen molar-refractivity contribution >= 4 is 17.4 Å². The lowest BCUT2D eigenvalue weighted by Gasteiger charge is -2.10. The molecule has 1 unspecified atom stereocenters. The van der Waals surface area contributed by atoms with Crippen molar-refractivity contribution in [3.05, 3.63) is 59.7 Å². The van der Waals surface area contributed by atoms with Crippen LogP contribution in [-0.4, -0.2) is 42.1 Å². The first-order chi connectivity index (χ1) is 11.9. The first-order valence-electron chi connectivity index (χ1n) is 7.60. The van der Waals surface area contributed by atoms with Crippen molar-refractivity contribution < 1.29 is 19.4 Å². The fourth-order valence-corrected chi connectivity index (χ4v) is 1.93. The molecule has 25 heavy (non-hydrogen) atoms. The average Bonchev–Trinajstić information content (AvgIpc) is 2.60. The molecule has 2 aromatic carbocycles. The second-order valence-corrected chi connectivity index (χ2v) is 5.54. The summed E-state index contributed by atoms with van der Waals surface area (Å²) in [6.07, 6.45) is -0.953. The molecule has 1 N–H and O–H groups in total. The Morgan fingerprint density at radius 2 is 1.52 bits per heavy atom. The summed E-state index contributed by atoms with van der Waals surface area (Å²) in [5, 5.41) is 18.3. The molecular formula is C18H19N3O4. The van der Waals surface area contributed by atoms with E-state index in [-0.39, 0.29) is 5.78 Å². The molecule has 1 atom stereocenters. The largest absolute Gasteiger partial charge is 0.479 e. The van der Waals surface area contributed by atoms with E-state index in [2.05, 4.69) is 10.3 Å². The topological polar surface area (TPSA) is 91.6 Å². The van der Waals surface area contributed by atoms with Gasteiger partial charge in [0.05, 0.1) is 5.69 Å². The van der Waals surface area contributed by atoms with E-state index in [4.69, 9.17) is 9.84 Å². The van der Waals surface area contributed by atoms with Crippen LogP contribution in [0.5, 0.6) is 5.75 Å². The van der Waals surface area contributed by atoms with Crippen molar-refractivity contribution in [2.24, 2.45) is 10.3 Å². The monoisotopic (exact) mass is 341 g/mol. The van der Waals surface area contributed by atoms with Crippen molar-refractivity contribution in [1.82, 2.24) is 5.01 Å². The number of aliphatic carboxylic acids is 1. The number of carboxylic acid groups (broad SMARTS) is 1. The molecule has 0 aromatic heterocycles. The Morgan fingerprint density at radius 1 is 1.00 bits per heavy atom. The summed E-state index contributed by atoms with van der Waals surface area (Å²) in [6.45, 7) is 1.44. The van der Waals surface area contributed by atoms with Crippen LogP contribution in [0.15, 0.2) is 58.9 Å². The predicted molar refractivity (Wildman–Crippen MR) is 92.2 cm³/mol. The Labute approximate surface area is 145 Å². The molecule has 0 amide bonds. The van der Waals surface area contributed by atoms with Crippen molar-refractivity contribution in [3.63, 3.8) is 0 Å². The van der Waals surface area contributed by atoms with E-state index in [1.165, 1.54) is 6.92 Å². The Hall–Kier alpha value is -3.22. The zero-order valence-electron chi connectivity index (χ0n) is 14.2. The van der Waals surface area contributed by atoms with Gasteiger partial charge in [-0.15, -0.1) is 5.11 Å². The number of hydrogen-bond donors (Lipinski definition) is 1. The molecule has 0 fully saturated rings. The second kappa shape index (κ2) is 8.05. The van der Waals surface area contributed by atoms with Gasteiger partial charge in [0.25, 0.3) is 0 Å². The lowest BCUT2D eigenvalue weighted by Crippen LogP contribution is -2.22. The minimum Gasteiger partial charge on any atom is -0.479 e. The van der Waals surface area contributed by atoms with Gasteiger partial charge in [0.15, 0.2) is 11.9 Å². The van der Waals surface area contributed by atoms with Gasteiger partial charge in [-0.25, -0.2) is 4.79 Å². The Bertz CT molecular complexity index is 768. The molecular weight excluding hydrogens is 322 g/mol. The predicted octanol–water partition coefficient (Wildman–Crippen LogP) is 3.33. The van der Waals surface area contributed by atoms with E-state index in [0.29, 0.717) is 22.6 Å². The van der Waals surface area contributed by atoms with E-state index in [1.807, 2.05) is 0 Å². The maximum atomic E-state index is 12.5. The van der Waals surface area contributed by atoms with Gasteiger partial charge >= 0.3 is 5.97 Å². The first kappa shape index (κ1) is 18.1. The van der Waals surface area contributed by atoms with E-state index in [0.717, 1.165) is 0 Å². The van der Waals surface area contributed by atoms with Crippen molar-refractivity contribution in [3.8, 4) is 5.75 Å². The number of carbonyl (C=O) groups is 2. The van der Waals surface area contributed by atoms with Crippen LogP contribution >= 0.6 is 0 Å². The van der Waals surface area contributed by atoms with E-state index >= 15 is 0 Å². The third-order valence-corrected chi connectivity index (χ3v) is 3.25. The highest BCUT2D eigenvalue weighted by molar-refractivity contribution is 6.09. The number of ketones is 1. The average molecular weight is 341 g/mol. The summed E-state index contributed by atoms with van der Waals surface area (Å²) in [4.78, 5) is 23.2. The fraction of sp³-hybridized carbons (Fsp3) is 0.222. The number of nitrogens with zero attached hydrogens (tertiary/aromatic N) is 3. The molecule has 0 aliphatic heterocycles. The van der Waals surface area contributed by atoms with Crippen LogP contribution in [0.1, 0.15) is 22.8 Å². The van der Waals surface area contributed by atoms with E-state index in [9.17, 15) is 9.59 Å². The quantitative estimate of drug-likeness (QED) is 0.474. The molecule has 2 rings (SSSR count). The molecule has 0 aliphatic rings. The summed E-state index contributed by atoms with van der Waals surface area (Å²) in [5.74, 6) is -0.800. The third kappa shape index (κ3) is 5.13. The zero-order valence-corrected chi connectivity index (χ0v) is 14.2. The molecule has 7 heteroatoms. The van der Waals surface area contributed by atoms with Gasteiger partial charge in [0.1, 0.15) is 5.75 Å².